The van der Waals surface area contributed by atoms with Crippen LogP contribution >= 0.6 is 8.03 Å². The molecule has 0 bridgehead atoms. The van der Waals surface area contributed by atoms with Crippen LogP contribution in [0.1, 0.15) is 22.3 Å². The first kappa shape index (κ1) is 13.8. The van der Waals surface area contributed by atoms with Gasteiger partial charge in [-0.15, -0.1) is 0 Å². The fourth-order valence-corrected chi connectivity index (χ4v) is 3.03. The molecule has 0 saturated carbocycles. The zero-order valence-corrected chi connectivity index (χ0v) is 12.6. The average Bonchev–Trinajstić information content (AvgIpc) is 2.38. The van der Waals surface area contributed by atoms with Crippen LogP contribution in [0.5, 0.6) is 5.75 Å². The van der Waals surface area contributed by atoms with Crippen LogP contribution in [0, 0.1) is 27.7 Å². The monoisotopic (exact) mass is 273 g/mol. The molecule has 0 aliphatic carbocycles. The summed E-state index contributed by atoms with van der Waals surface area (Å²) in [7, 11) is -1.87. The minimum atomic E-state index is -1.87. The third-order valence-corrected chi connectivity index (χ3v) is 4.75. The number of benzene rings is 2. The molecule has 0 aromatic heterocycles. The predicted molar refractivity (Wildman–Crippen MR) is 79.7 cm³/mol. The van der Waals surface area contributed by atoms with Crippen molar-refractivity contribution in [1.29, 1.82) is 0 Å². The van der Waals surface area contributed by atoms with Crippen molar-refractivity contribution in [2.75, 3.05) is 0 Å². The van der Waals surface area contributed by atoms with Crippen LogP contribution in [-0.2, 0) is 4.57 Å². The number of aryl methyl sites for hydroxylation is 2. The first-order chi connectivity index (χ1) is 9.00. The van der Waals surface area contributed by atoms with Crippen LogP contribution in [0.2, 0.25) is 0 Å². The van der Waals surface area contributed by atoms with Crippen molar-refractivity contribution in [1.82, 2.24) is 0 Å². The van der Waals surface area contributed by atoms with Crippen LogP contribution in [0.4, 0.5) is 0 Å². The highest BCUT2D eigenvalue weighted by atomic mass is 31.1. The Morgan fingerprint density at radius 1 is 0.842 bits per heavy atom. The summed E-state index contributed by atoms with van der Waals surface area (Å²) >= 11 is 0. The predicted octanol–water partition coefficient (Wildman–Crippen LogP) is 4.37. The Hall–Kier alpha value is -1.66. The van der Waals surface area contributed by atoms with Crippen molar-refractivity contribution in [2.45, 2.75) is 27.7 Å². The second-order valence-corrected chi connectivity index (χ2v) is 5.94. The lowest BCUT2D eigenvalue weighted by Crippen LogP contribution is -2.06. The summed E-state index contributed by atoms with van der Waals surface area (Å²) in [6.07, 6.45) is 0. The molecule has 1 unspecified atom stereocenters. The number of rotatable bonds is 3. The van der Waals surface area contributed by atoms with Crippen molar-refractivity contribution < 1.29 is 9.09 Å². The van der Waals surface area contributed by atoms with E-state index < -0.39 is 8.03 Å². The van der Waals surface area contributed by atoms with Gasteiger partial charge < -0.3 is 0 Å². The average molecular weight is 273 g/mol. The lowest BCUT2D eigenvalue weighted by Gasteiger charge is -2.03. The second-order valence-electron chi connectivity index (χ2n) is 4.77. The van der Waals surface area contributed by atoms with Gasteiger partial charge in [0.25, 0.3) is 0 Å². The summed E-state index contributed by atoms with van der Waals surface area (Å²) in [4.78, 5) is 0. The molecule has 3 heteroatoms. The van der Waals surface area contributed by atoms with Crippen molar-refractivity contribution in [3.63, 3.8) is 0 Å². The molecule has 98 valence electrons. The van der Waals surface area contributed by atoms with Gasteiger partial charge in [0.2, 0.25) is 5.30 Å². The van der Waals surface area contributed by atoms with Crippen LogP contribution in [-0.4, -0.2) is 0 Å². The SMILES string of the molecule is Cc1cccc(O[P+](=O)c2cccc(C)c2C)c1C. The number of hydrogen-bond donors (Lipinski definition) is 0. The molecule has 2 aromatic rings. The topological polar surface area (TPSA) is 26.3 Å². The summed E-state index contributed by atoms with van der Waals surface area (Å²) in [6.45, 7) is 7.99. The Labute approximate surface area is 115 Å². The summed E-state index contributed by atoms with van der Waals surface area (Å²) < 4.78 is 18.0. The lowest BCUT2D eigenvalue weighted by molar-refractivity contribution is 0.512. The maximum absolute atomic E-state index is 12.4. The normalized spacial score (nSPS) is 11.3. The maximum Gasteiger partial charge on any atom is 0.597 e. The highest BCUT2D eigenvalue weighted by molar-refractivity contribution is 7.48. The Morgan fingerprint density at radius 2 is 1.42 bits per heavy atom. The van der Waals surface area contributed by atoms with E-state index in [0.717, 1.165) is 27.6 Å². The third-order valence-electron chi connectivity index (χ3n) is 3.51. The van der Waals surface area contributed by atoms with Crippen molar-refractivity contribution in [3.05, 3.63) is 58.7 Å². The highest BCUT2D eigenvalue weighted by Gasteiger charge is 2.27. The van der Waals surface area contributed by atoms with Crippen molar-refractivity contribution in [2.24, 2.45) is 0 Å². The molecule has 0 amide bonds. The van der Waals surface area contributed by atoms with E-state index in [1.807, 2.05) is 64.1 Å². The molecule has 0 spiro atoms. The van der Waals surface area contributed by atoms with Gasteiger partial charge in [0, 0.05) is 5.56 Å². The van der Waals surface area contributed by atoms with Crippen LogP contribution in [0.15, 0.2) is 36.4 Å². The van der Waals surface area contributed by atoms with E-state index in [1.54, 1.807) is 0 Å². The van der Waals surface area contributed by atoms with Crippen LogP contribution < -0.4 is 9.83 Å². The highest BCUT2D eigenvalue weighted by Crippen LogP contribution is 2.31. The first-order valence-electron chi connectivity index (χ1n) is 6.28. The van der Waals surface area contributed by atoms with Gasteiger partial charge in [0.1, 0.15) is 0 Å². The molecule has 0 N–H and O–H groups in total. The second kappa shape index (κ2) is 5.54. The van der Waals surface area contributed by atoms with Crippen molar-refractivity contribution >= 4 is 13.3 Å². The third kappa shape index (κ3) is 2.85. The Kier molecular flexibility index (Phi) is 4.01. The zero-order chi connectivity index (χ0) is 14.0. The van der Waals surface area contributed by atoms with E-state index in [-0.39, 0.29) is 0 Å². The summed E-state index contributed by atoms with van der Waals surface area (Å²) in [6, 6.07) is 11.6. The number of hydrogen-bond acceptors (Lipinski definition) is 2. The Balaban J connectivity index is 2.31. The molecule has 0 fully saturated rings. The van der Waals surface area contributed by atoms with E-state index in [1.165, 1.54) is 0 Å². The van der Waals surface area contributed by atoms with E-state index in [2.05, 4.69) is 0 Å². The zero-order valence-electron chi connectivity index (χ0n) is 11.7. The minimum Gasteiger partial charge on any atom is -0.250 e. The van der Waals surface area contributed by atoms with Gasteiger partial charge in [-0.05, 0) is 61.1 Å². The van der Waals surface area contributed by atoms with E-state index in [4.69, 9.17) is 4.52 Å². The van der Waals surface area contributed by atoms with Gasteiger partial charge in [-0.2, -0.15) is 0 Å². The summed E-state index contributed by atoms with van der Waals surface area (Å²) in [5.41, 5.74) is 4.34. The lowest BCUT2D eigenvalue weighted by atomic mass is 10.1. The van der Waals surface area contributed by atoms with Crippen LogP contribution in [0.25, 0.3) is 0 Å². The van der Waals surface area contributed by atoms with Crippen molar-refractivity contribution in [3.8, 4) is 5.75 Å². The van der Waals surface area contributed by atoms with Gasteiger partial charge in [0.15, 0.2) is 5.75 Å². The van der Waals surface area contributed by atoms with E-state index in [9.17, 15) is 4.57 Å². The van der Waals surface area contributed by atoms with Gasteiger partial charge in [0.05, 0.1) is 0 Å². The molecule has 0 heterocycles. The molecule has 0 aliphatic heterocycles. The first-order valence-corrected chi connectivity index (χ1v) is 7.46. The molecular weight excluding hydrogens is 255 g/mol. The molecule has 2 aromatic carbocycles. The minimum absolute atomic E-state index is 0.696. The van der Waals surface area contributed by atoms with E-state index in [0.29, 0.717) is 5.75 Å². The molecule has 1 atom stereocenters. The van der Waals surface area contributed by atoms with Crippen LogP contribution in [0.3, 0.4) is 0 Å². The molecule has 2 nitrogen and oxygen atoms in total. The molecule has 2 rings (SSSR count). The summed E-state index contributed by atoms with van der Waals surface area (Å²) in [5.74, 6) is 0.696. The van der Waals surface area contributed by atoms with Gasteiger partial charge >= 0.3 is 8.03 Å². The Morgan fingerprint density at radius 3 is 2.11 bits per heavy atom. The summed E-state index contributed by atoms with van der Waals surface area (Å²) in [5, 5.41) is 0.774. The van der Waals surface area contributed by atoms with Gasteiger partial charge in [-0.3, -0.25) is 0 Å². The smallest absolute Gasteiger partial charge is 0.250 e. The standard InChI is InChI=1S/C16H18O2P/c1-11-7-5-9-15(13(11)3)18-19(17)16-10-6-8-12(2)14(16)4/h5-10H,1-4H3/q+1. The Bertz CT molecular complexity index is 633. The fraction of sp³-hybridized carbons (Fsp3) is 0.250. The molecule has 19 heavy (non-hydrogen) atoms. The van der Waals surface area contributed by atoms with Gasteiger partial charge in [-0.1, -0.05) is 24.3 Å². The van der Waals surface area contributed by atoms with E-state index >= 15 is 0 Å². The largest absolute Gasteiger partial charge is 0.597 e. The molecule has 0 radical (unpaired) electrons. The quantitative estimate of drug-likeness (QED) is 0.776. The molecular formula is C16H18O2P+. The van der Waals surface area contributed by atoms with Gasteiger partial charge in [-0.25, -0.2) is 4.52 Å². The molecule has 0 aliphatic rings. The molecule has 0 saturated heterocycles. The fourth-order valence-electron chi connectivity index (χ4n) is 1.89. The maximum atomic E-state index is 12.4.